The van der Waals surface area contributed by atoms with Gasteiger partial charge in [0.25, 0.3) is 0 Å². The maximum Gasteiger partial charge on any atom is 0.315 e. The highest BCUT2D eigenvalue weighted by molar-refractivity contribution is 5.90. The fraction of sp³-hybridized carbons (Fsp3) is 0.500. The second kappa shape index (κ2) is 6.34. The molecule has 2 unspecified atom stereocenters. The summed E-state index contributed by atoms with van der Waals surface area (Å²) in [4.78, 5) is 23.5. The summed E-state index contributed by atoms with van der Waals surface area (Å²) in [6, 6.07) is 5.29. The molecule has 1 saturated carbocycles. The summed E-state index contributed by atoms with van der Waals surface area (Å²) in [6.45, 7) is 0.297. The molecule has 0 radical (unpaired) electrons. The van der Waals surface area contributed by atoms with Gasteiger partial charge in [-0.2, -0.15) is 0 Å². The number of hydrogen-bond acceptors (Lipinski definition) is 2. The summed E-state index contributed by atoms with van der Waals surface area (Å²) in [5.74, 6) is -0.119. The fourth-order valence-corrected chi connectivity index (χ4v) is 3.30. The highest BCUT2D eigenvalue weighted by Crippen LogP contribution is 2.35. The topological polar surface area (TPSA) is 70.2 Å². The number of nitrogens with one attached hydrogen (secondary N) is 3. The van der Waals surface area contributed by atoms with Crippen LogP contribution in [0.1, 0.15) is 37.3 Å². The third-order valence-corrected chi connectivity index (χ3v) is 4.49. The van der Waals surface area contributed by atoms with E-state index < -0.39 is 6.04 Å². The minimum Gasteiger partial charge on any atom is -0.347 e. The highest BCUT2D eigenvalue weighted by atomic mass is 19.1. The molecule has 118 valence electrons. The van der Waals surface area contributed by atoms with E-state index >= 15 is 0 Å². The molecular formula is C16H20FN3O2. The van der Waals surface area contributed by atoms with Gasteiger partial charge in [-0.3, -0.25) is 4.79 Å². The van der Waals surface area contributed by atoms with Gasteiger partial charge in [-0.05, 0) is 36.5 Å². The summed E-state index contributed by atoms with van der Waals surface area (Å²) in [7, 11) is 0. The second-order valence-corrected chi connectivity index (χ2v) is 5.99. The molecule has 1 aromatic rings. The Kier molecular flexibility index (Phi) is 4.27. The second-order valence-electron chi connectivity index (χ2n) is 5.99. The molecule has 1 aliphatic heterocycles. The predicted molar refractivity (Wildman–Crippen MR) is 79.6 cm³/mol. The standard InChI is InChI=1S/C16H20FN3O2/c17-12-7-5-11(6-8-12)14(10-3-1-2-4-10)20-15(21)13-9-18-16(22)19-13/h5-8,10,13-14H,1-4,9H2,(H,20,21)(H2,18,19,22). The molecule has 22 heavy (non-hydrogen) atoms. The van der Waals surface area contributed by atoms with Crippen molar-refractivity contribution in [2.75, 3.05) is 6.54 Å². The van der Waals surface area contributed by atoms with Crippen LogP contribution in [0.3, 0.4) is 0 Å². The average Bonchev–Trinajstić information content (AvgIpc) is 3.17. The van der Waals surface area contributed by atoms with Crippen LogP contribution in [0.4, 0.5) is 9.18 Å². The quantitative estimate of drug-likeness (QED) is 0.794. The molecule has 3 N–H and O–H groups in total. The lowest BCUT2D eigenvalue weighted by Crippen LogP contribution is -2.45. The zero-order valence-corrected chi connectivity index (χ0v) is 12.3. The van der Waals surface area contributed by atoms with E-state index in [9.17, 15) is 14.0 Å². The van der Waals surface area contributed by atoms with Gasteiger partial charge in [0.2, 0.25) is 5.91 Å². The number of hydrogen-bond donors (Lipinski definition) is 3. The van der Waals surface area contributed by atoms with Crippen LogP contribution < -0.4 is 16.0 Å². The number of amides is 3. The summed E-state index contributed by atoms with van der Waals surface area (Å²) in [5.41, 5.74) is 0.916. The van der Waals surface area contributed by atoms with Gasteiger partial charge in [-0.1, -0.05) is 25.0 Å². The molecule has 1 heterocycles. The van der Waals surface area contributed by atoms with Crippen LogP contribution in [-0.2, 0) is 4.79 Å². The molecule has 0 aromatic heterocycles. The average molecular weight is 305 g/mol. The van der Waals surface area contributed by atoms with Crippen LogP contribution >= 0.6 is 0 Å². The van der Waals surface area contributed by atoms with Gasteiger partial charge in [0.1, 0.15) is 11.9 Å². The Morgan fingerprint density at radius 3 is 2.50 bits per heavy atom. The third kappa shape index (κ3) is 3.21. The van der Waals surface area contributed by atoms with Crippen molar-refractivity contribution in [3.05, 3.63) is 35.6 Å². The van der Waals surface area contributed by atoms with Crippen molar-refractivity contribution in [1.29, 1.82) is 0 Å². The van der Waals surface area contributed by atoms with Gasteiger partial charge in [0, 0.05) is 6.54 Å². The molecule has 2 aliphatic rings. The Morgan fingerprint density at radius 2 is 1.91 bits per heavy atom. The van der Waals surface area contributed by atoms with Crippen molar-refractivity contribution >= 4 is 11.9 Å². The molecule has 0 bridgehead atoms. The molecule has 5 nitrogen and oxygen atoms in total. The van der Waals surface area contributed by atoms with Gasteiger partial charge in [0.15, 0.2) is 0 Å². The van der Waals surface area contributed by atoms with E-state index in [2.05, 4.69) is 16.0 Å². The molecule has 2 atom stereocenters. The molecule has 3 rings (SSSR count). The lowest BCUT2D eigenvalue weighted by molar-refractivity contribution is -0.123. The van der Waals surface area contributed by atoms with Crippen LogP contribution in [0.25, 0.3) is 0 Å². The van der Waals surface area contributed by atoms with Gasteiger partial charge in [-0.25, -0.2) is 9.18 Å². The number of carbonyl (C=O) groups excluding carboxylic acids is 2. The Bertz CT molecular complexity index is 555. The van der Waals surface area contributed by atoms with Crippen LogP contribution in [-0.4, -0.2) is 24.5 Å². The normalized spacial score (nSPS) is 23.0. The van der Waals surface area contributed by atoms with E-state index in [0.717, 1.165) is 31.2 Å². The number of halogens is 1. The maximum atomic E-state index is 13.1. The lowest BCUT2D eigenvalue weighted by Gasteiger charge is -2.26. The summed E-state index contributed by atoms with van der Waals surface area (Å²) in [6.07, 6.45) is 4.41. The zero-order valence-electron chi connectivity index (χ0n) is 12.3. The number of rotatable bonds is 4. The zero-order chi connectivity index (χ0) is 15.5. The maximum absolute atomic E-state index is 13.1. The van der Waals surface area contributed by atoms with E-state index in [1.165, 1.54) is 12.1 Å². The summed E-state index contributed by atoms with van der Waals surface area (Å²) < 4.78 is 13.1. The Labute approximate surface area is 128 Å². The van der Waals surface area contributed by atoms with Crippen LogP contribution in [0.2, 0.25) is 0 Å². The van der Waals surface area contributed by atoms with Gasteiger partial charge < -0.3 is 16.0 Å². The van der Waals surface area contributed by atoms with E-state index in [-0.39, 0.29) is 23.8 Å². The van der Waals surface area contributed by atoms with E-state index in [1.54, 1.807) is 12.1 Å². The van der Waals surface area contributed by atoms with Gasteiger partial charge >= 0.3 is 6.03 Å². The Hall–Kier alpha value is -2.11. The number of urea groups is 1. The first kappa shape index (κ1) is 14.8. The SMILES string of the molecule is O=C1NCC(C(=O)NC(c2ccc(F)cc2)C2CCCC2)N1. The largest absolute Gasteiger partial charge is 0.347 e. The van der Waals surface area contributed by atoms with Gasteiger partial charge in [0.05, 0.1) is 6.04 Å². The summed E-state index contributed by atoms with van der Waals surface area (Å²) in [5, 5.41) is 8.21. The smallest absolute Gasteiger partial charge is 0.315 e. The van der Waals surface area contributed by atoms with Crippen molar-refractivity contribution < 1.29 is 14.0 Å². The van der Waals surface area contributed by atoms with E-state index in [4.69, 9.17) is 0 Å². The van der Waals surface area contributed by atoms with Crippen molar-refractivity contribution in [2.45, 2.75) is 37.8 Å². The number of carbonyl (C=O) groups is 2. The first-order chi connectivity index (χ1) is 10.6. The van der Waals surface area contributed by atoms with Crippen molar-refractivity contribution in [3.63, 3.8) is 0 Å². The third-order valence-electron chi connectivity index (χ3n) is 4.49. The number of benzene rings is 1. The van der Waals surface area contributed by atoms with Crippen molar-refractivity contribution in [3.8, 4) is 0 Å². The van der Waals surface area contributed by atoms with Crippen molar-refractivity contribution in [2.24, 2.45) is 5.92 Å². The highest BCUT2D eigenvalue weighted by Gasteiger charge is 2.32. The molecule has 1 aliphatic carbocycles. The Morgan fingerprint density at radius 1 is 1.23 bits per heavy atom. The first-order valence-electron chi connectivity index (χ1n) is 7.73. The lowest BCUT2D eigenvalue weighted by atomic mass is 9.91. The fourth-order valence-electron chi connectivity index (χ4n) is 3.30. The van der Waals surface area contributed by atoms with Crippen LogP contribution in [0.5, 0.6) is 0 Å². The molecule has 6 heteroatoms. The minimum absolute atomic E-state index is 0.131. The van der Waals surface area contributed by atoms with E-state index in [0.29, 0.717) is 12.5 Å². The van der Waals surface area contributed by atoms with Crippen LogP contribution in [0, 0.1) is 11.7 Å². The van der Waals surface area contributed by atoms with E-state index in [1.807, 2.05) is 0 Å². The summed E-state index contributed by atoms with van der Waals surface area (Å²) >= 11 is 0. The van der Waals surface area contributed by atoms with Gasteiger partial charge in [-0.15, -0.1) is 0 Å². The molecule has 1 saturated heterocycles. The monoisotopic (exact) mass is 305 g/mol. The van der Waals surface area contributed by atoms with Crippen molar-refractivity contribution in [1.82, 2.24) is 16.0 Å². The first-order valence-corrected chi connectivity index (χ1v) is 7.73. The van der Waals surface area contributed by atoms with Crippen LogP contribution in [0.15, 0.2) is 24.3 Å². The minimum atomic E-state index is -0.545. The molecule has 2 fully saturated rings. The molecular weight excluding hydrogens is 285 g/mol. The Balaban J connectivity index is 1.74. The molecule has 3 amide bonds. The predicted octanol–water partition coefficient (Wildman–Crippen LogP) is 1.85. The molecule has 0 spiro atoms. The molecule has 1 aromatic carbocycles.